The highest BCUT2D eigenvalue weighted by Gasteiger charge is 2.08. The lowest BCUT2D eigenvalue weighted by Gasteiger charge is -2.19. The van der Waals surface area contributed by atoms with Gasteiger partial charge in [-0.15, -0.1) is 0 Å². The third-order valence-corrected chi connectivity index (χ3v) is 2.82. The van der Waals surface area contributed by atoms with Crippen LogP contribution >= 0.6 is 0 Å². The molecule has 0 atom stereocenters. The van der Waals surface area contributed by atoms with E-state index in [2.05, 4.69) is 4.98 Å². The molecule has 0 unspecified atom stereocenters. The number of nitrogen functional groups attached to an aromatic ring is 1. The maximum absolute atomic E-state index is 8.94. The fourth-order valence-electron chi connectivity index (χ4n) is 1.67. The molecule has 2 aromatic rings. The molecule has 0 saturated carbocycles. The molecule has 0 aliphatic heterocycles. The number of anilines is 3. The molecule has 0 aliphatic rings. The van der Waals surface area contributed by atoms with E-state index < -0.39 is 0 Å². The number of hydrogen-bond donors (Lipinski definition) is 1. The zero-order valence-electron chi connectivity index (χ0n) is 10.8. The van der Waals surface area contributed by atoms with Crippen molar-refractivity contribution in [2.75, 3.05) is 24.8 Å². The summed E-state index contributed by atoms with van der Waals surface area (Å²) in [6, 6.07) is 13.0. The Hall–Kier alpha value is -2.74. The van der Waals surface area contributed by atoms with Gasteiger partial charge in [-0.05, 0) is 36.4 Å². The number of hydrogen-bond acceptors (Lipinski definition) is 5. The molecule has 0 radical (unpaired) electrons. The average Bonchev–Trinajstić information content (AvgIpc) is 2.47. The molecular weight excluding hydrogens is 240 g/mol. The first-order valence-electron chi connectivity index (χ1n) is 5.70. The highest BCUT2D eigenvalue weighted by Crippen LogP contribution is 2.25. The third-order valence-electron chi connectivity index (χ3n) is 2.82. The summed E-state index contributed by atoms with van der Waals surface area (Å²) >= 11 is 0. The molecule has 0 spiro atoms. The van der Waals surface area contributed by atoms with Crippen LogP contribution in [0.2, 0.25) is 0 Å². The Morgan fingerprint density at radius 3 is 2.47 bits per heavy atom. The van der Waals surface area contributed by atoms with E-state index >= 15 is 0 Å². The second kappa shape index (κ2) is 5.27. The van der Waals surface area contributed by atoms with Crippen molar-refractivity contribution in [3.63, 3.8) is 0 Å². The summed E-state index contributed by atoms with van der Waals surface area (Å²) in [6.45, 7) is 0. The zero-order chi connectivity index (χ0) is 13.8. The molecule has 1 aromatic heterocycles. The van der Waals surface area contributed by atoms with Crippen LogP contribution in [0.5, 0.6) is 5.75 Å². The number of aromatic nitrogens is 1. The first-order chi connectivity index (χ1) is 9.15. The lowest BCUT2D eigenvalue weighted by atomic mass is 10.2. The molecule has 2 rings (SSSR count). The van der Waals surface area contributed by atoms with Crippen molar-refractivity contribution < 1.29 is 4.74 Å². The first-order valence-corrected chi connectivity index (χ1v) is 5.70. The molecule has 2 N–H and O–H groups in total. The van der Waals surface area contributed by atoms with Crippen LogP contribution in [0.15, 0.2) is 36.4 Å². The molecule has 5 heteroatoms. The molecule has 1 heterocycles. The molecule has 96 valence electrons. The van der Waals surface area contributed by atoms with E-state index in [1.54, 1.807) is 19.2 Å². The Labute approximate surface area is 111 Å². The Balaban J connectivity index is 2.32. The maximum atomic E-state index is 8.94. The Bertz CT molecular complexity index is 616. The van der Waals surface area contributed by atoms with Crippen molar-refractivity contribution in [2.24, 2.45) is 0 Å². The van der Waals surface area contributed by atoms with E-state index in [0.717, 1.165) is 11.4 Å². The van der Waals surface area contributed by atoms with E-state index in [-0.39, 0.29) is 5.69 Å². The van der Waals surface area contributed by atoms with E-state index in [0.29, 0.717) is 11.5 Å². The summed E-state index contributed by atoms with van der Waals surface area (Å²) < 4.78 is 5.11. The van der Waals surface area contributed by atoms with Gasteiger partial charge < -0.3 is 15.4 Å². The standard InChI is InChI=1S/C14H14N4O/c1-18(10-3-5-11(19-2)6-4-10)14-8-7-12(16)13(9-15)17-14/h3-8H,16H2,1-2H3. The minimum absolute atomic E-state index is 0.234. The summed E-state index contributed by atoms with van der Waals surface area (Å²) in [5, 5.41) is 8.94. The number of pyridine rings is 1. The monoisotopic (exact) mass is 254 g/mol. The fourth-order valence-corrected chi connectivity index (χ4v) is 1.67. The highest BCUT2D eigenvalue weighted by molar-refractivity contribution is 5.63. The maximum Gasteiger partial charge on any atom is 0.165 e. The summed E-state index contributed by atoms with van der Waals surface area (Å²) in [7, 11) is 3.50. The highest BCUT2D eigenvalue weighted by atomic mass is 16.5. The quantitative estimate of drug-likeness (QED) is 0.909. The lowest BCUT2D eigenvalue weighted by Crippen LogP contribution is -2.12. The van der Waals surface area contributed by atoms with Crippen molar-refractivity contribution >= 4 is 17.2 Å². The normalized spacial score (nSPS) is 9.74. The van der Waals surface area contributed by atoms with Gasteiger partial charge in [-0.1, -0.05) is 0 Å². The fraction of sp³-hybridized carbons (Fsp3) is 0.143. The van der Waals surface area contributed by atoms with Gasteiger partial charge in [-0.25, -0.2) is 4.98 Å². The van der Waals surface area contributed by atoms with Crippen LogP contribution in [0.25, 0.3) is 0 Å². The SMILES string of the molecule is COc1ccc(N(C)c2ccc(N)c(C#N)n2)cc1. The predicted octanol–water partition coefficient (Wildman–Crippen LogP) is 2.31. The van der Waals surface area contributed by atoms with Gasteiger partial charge in [-0.2, -0.15) is 5.26 Å². The second-order valence-electron chi connectivity index (χ2n) is 3.98. The predicted molar refractivity (Wildman–Crippen MR) is 74.4 cm³/mol. The molecule has 0 fully saturated rings. The average molecular weight is 254 g/mol. The molecule has 1 aromatic carbocycles. The molecule has 0 bridgehead atoms. The van der Waals surface area contributed by atoms with Gasteiger partial charge in [-0.3, -0.25) is 0 Å². The van der Waals surface area contributed by atoms with Crippen molar-refractivity contribution in [3.8, 4) is 11.8 Å². The number of nitrogens with zero attached hydrogens (tertiary/aromatic N) is 3. The van der Waals surface area contributed by atoms with Crippen LogP contribution in [0.1, 0.15) is 5.69 Å². The summed E-state index contributed by atoms with van der Waals surface area (Å²) in [6.07, 6.45) is 0. The van der Waals surface area contributed by atoms with Gasteiger partial charge in [0.15, 0.2) is 5.69 Å². The van der Waals surface area contributed by atoms with E-state index in [1.807, 2.05) is 42.3 Å². The lowest BCUT2D eigenvalue weighted by molar-refractivity contribution is 0.415. The van der Waals surface area contributed by atoms with Gasteiger partial charge >= 0.3 is 0 Å². The molecular formula is C14H14N4O. The van der Waals surface area contributed by atoms with Crippen molar-refractivity contribution in [1.82, 2.24) is 4.98 Å². The van der Waals surface area contributed by atoms with E-state index in [4.69, 9.17) is 15.7 Å². The first kappa shape index (κ1) is 12.7. The Morgan fingerprint density at radius 1 is 1.21 bits per heavy atom. The minimum Gasteiger partial charge on any atom is -0.497 e. The van der Waals surface area contributed by atoms with Crippen LogP contribution in [-0.2, 0) is 0 Å². The van der Waals surface area contributed by atoms with Crippen molar-refractivity contribution in [1.29, 1.82) is 5.26 Å². The zero-order valence-corrected chi connectivity index (χ0v) is 10.8. The number of methoxy groups -OCH3 is 1. The summed E-state index contributed by atoms with van der Waals surface area (Å²) in [5.41, 5.74) is 7.22. The largest absolute Gasteiger partial charge is 0.497 e. The number of benzene rings is 1. The Morgan fingerprint density at radius 2 is 1.89 bits per heavy atom. The third kappa shape index (κ3) is 2.58. The van der Waals surface area contributed by atoms with Crippen molar-refractivity contribution in [2.45, 2.75) is 0 Å². The van der Waals surface area contributed by atoms with E-state index in [9.17, 15) is 0 Å². The van der Waals surface area contributed by atoms with Gasteiger partial charge in [0, 0.05) is 12.7 Å². The number of ether oxygens (including phenoxy) is 1. The van der Waals surface area contributed by atoms with Crippen molar-refractivity contribution in [3.05, 3.63) is 42.1 Å². The van der Waals surface area contributed by atoms with Crippen LogP contribution in [0.3, 0.4) is 0 Å². The van der Waals surface area contributed by atoms with Crippen LogP contribution in [-0.4, -0.2) is 19.1 Å². The van der Waals surface area contributed by atoms with Gasteiger partial charge in [0.05, 0.1) is 12.8 Å². The van der Waals surface area contributed by atoms with Gasteiger partial charge in [0.1, 0.15) is 17.6 Å². The number of rotatable bonds is 3. The summed E-state index contributed by atoms with van der Waals surface area (Å²) in [4.78, 5) is 6.09. The van der Waals surface area contributed by atoms with Crippen LogP contribution in [0, 0.1) is 11.3 Å². The van der Waals surface area contributed by atoms with Crippen LogP contribution in [0.4, 0.5) is 17.2 Å². The smallest absolute Gasteiger partial charge is 0.165 e. The second-order valence-corrected chi connectivity index (χ2v) is 3.98. The molecule has 0 aliphatic carbocycles. The van der Waals surface area contributed by atoms with Gasteiger partial charge in [0.25, 0.3) is 0 Å². The minimum atomic E-state index is 0.234. The molecule has 0 saturated heterocycles. The van der Waals surface area contributed by atoms with Crippen LogP contribution < -0.4 is 15.4 Å². The Kier molecular flexibility index (Phi) is 3.53. The summed E-state index contributed by atoms with van der Waals surface area (Å²) in [5.74, 6) is 1.45. The number of nitriles is 1. The van der Waals surface area contributed by atoms with Gasteiger partial charge in [0.2, 0.25) is 0 Å². The van der Waals surface area contributed by atoms with E-state index in [1.165, 1.54) is 0 Å². The number of nitrogens with two attached hydrogens (primary N) is 1. The molecule has 0 amide bonds. The topological polar surface area (TPSA) is 75.2 Å². The molecule has 19 heavy (non-hydrogen) atoms. The molecule has 5 nitrogen and oxygen atoms in total.